The highest BCUT2D eigenvalue weighted by Crippen LogP contribution is 2.18. The van der Waals surface area contributed by atoms with Crippen molar-refractivity contribution in [3.05, 3.63) is 66.0 Å². The number of sulfone groups is 1. The van der Waals surface area contributed by atoms with E-state index in [1.165, 1.54) is 0 Å². The van der Waals surface area contributed by atoms with Gasteiger partial charge in [-0.2, -0.15) is 5.10 Å². The van der Waals surface area contributed by atoms with Gasteiger partial charge in [-0.3, -0.25) is 14.5 Å². The Bertz CT molecular complexity index is 1090. The van der Waals surface area contributed by atoms with Crippen LogP contribution < -0.4 is 5.32 Å². The molecule has 3 rings (SSSR count). The third kappa shape index (κ3) is 4.89. The van der Waals surface area contributed by atoms with Gasteiger partial charge in [0.05, 0.1) is 40.2 Å². The Hall–Kier alpha value is -3.00. The summed E-state index contributed by atoms with van der Waals surface area (Å²) in [4.78, 5) is 16.9. The van der Waals surface area contributed by atoms with E-state index in [1.54, 1.807) is 49.0 Å². The van der Waals surface area contributed by atoms with Crippen molar-refractivity contribution in [1.82, 2.24) is 20.1 Å². The van der Waals surface area contributed by atoms with Crippen LogP contribution in [0.15, 0.2) is 59.6 Å². The molecule has 1 aromatic carbocycles. The largest absolute Gasteiger partial charge is 0.350 e. The average molecular weight is 413 g/mol. The lowest BCUT2D eigenvalue weighted by atomic mass is 10.1. The Morgan fingerprint density at radius 2 is 1.86 bits per heavy atom. The number of pyridine rings is 1. The zero-order chi connectivity index (χ0) is 21.0. The number of nitrogens with one attached hydrogen (secondary N) is 1. The predicted molar refractivity (Wildman–Crippen MR) is 111 cm³/mol. The molecule has 3 aromatic rings. The first kappa shape index (κ1) is 20.7. The van der Waals surface area contributed by atoms with E-state index in [9.17, 15) is 13.2 Å². The van der Waals surface area contributed by atoms with Crippen LogP contribution in [0.1, 0.15) is 25.1 Å². The molecule has 0 saturated heterocycles. The molecule has 2 heterocycles. The van der Waals surface area contributed by atoms with Crippen LogP contribution in [-0.4, -0.2) is 34.3 Å². The molecule has 0 radical (unpaired) electrons. The van der Waals surface area contributed by atoms with E-state index in [2.05, 4.69) is 15.4 Å². The van der Waals surface area contributed by atoms with Crippen LogP contribution in [-0.2, 0) is 34.6 Å². The second-order valence-electron chi connectivity index (χ2n) is 7.05. The molecule has 0 fully saturated rings. The van der Waals surface area contributed by atoms with Gasteiger partial charge >= 0.3 is 0 Å². The van der Waals surface area contributed by atoms with Gasteiger partial charge in [0.1, 0.15) is 0 Å². The normalized spacial score (nSPS) is 11.6. The first-order chi connectivity index (χ1) is 13.8. The Labute approximate surface area is 170 Å². The molecule has 0 aliphatic carbocycles. The Morgan fingerprint density at radius 3 is 2.48 bits per heavy atom. The van der Waals surface area contributed by atoms with E-state index < -0.39 is 15.1 Å². The van der Waals surface area contributed by atoms with Crippen LogP contribution in [0.3, 0.4) is 0 Å². The number of aryl methyl sites for hydroxylation is 1. The molecule has 0 spiro atoms. The van der Waals surface area contributed by atoms with E-state index >= 15 is 0 Å². The number of rotatable bonds is 7. The van der Waals surface area contributed by atoms with E-state index in [0.29, 0.717) is 6.54 Å². The maximum Gasteiger partial charge on any atom is 0.224 e. The average Bonchev–Trinajstić information content (AvgIpc) is 3.08. The topological polar surface area (TPSA) is 94.0 Å². The Balaban J connectivity index is 1.59. The van der Waals surface area contributed by atoms with Crippen molar-refractivity contribution in [3.63, 3.8) is 0 Å². The lowest BCUT2D eigenvalue weighted by molar-refractivity contribution is -0.120. The molecule has 1 N–H and O–H groups in total. The Morgan fingerprint density at radius 1 is 1.14 bits per heavy atom. The molecule has 8 heteroatoms. The number of nitrogens with zero attached hydrogens (tertiary/aromatic N) is 3. The van der Waals surface area contributed by atoms with Crippen LogP contribution >= 0.6 is 0 Å². The number of hydrogen-bond acceptors (Lipinski definition) is 5. The minimum atomic E-state index is -3.31. The fraction of sp³-hybridized carbons (Fsp3) is 0.286. The number of aromatic nitrogens is 3. The minimum Gasteiger partial charge on any atom is -0.350 e. The molecule has 0 aliphatic heterocycles. The molecule has 1 amide bonds. The molecule has 0 saturated carbocycles. The maximum absolute atomic E-state index is 12.3. The van der Waals surface area contributed by atoms with Gasteiger partial charge in [-0.1, -0.05) is 18.2 Å². The number of benzene rings is 1. The third-order valence-electron chi connectivity index (χ3n) is 4.56. The summed E-state index contributed by atoms with van der Waals surface area (Å²) in [5.41, 5.74) is 3.17. The van der Waals surface area contributed by atoms with E-state index in [1.807, 2.05) is 31.3 Å². The van der Waals surface area contributed by atoms with Crippen LogP contribution in [0, 0.1) is 0 Å². The minimum absolute atomic E-state index is 0.158. The molecule has 2 aromatic heterocycles. The highest BCUT2D eigenvalue weighted by molar-refractivity contribution is 7.92. The highest BCUT2D eigenvalue weighted by Gasteiger charge is 2.19. The quantitative estimate of drug-likeness (QED) is 0.644. The number of carbonyl (C=O) groups excluding carboxylic acids is 1. The van der Waals surface area contributed by atoms with Crippen molar-refractivity contribution in [2.45, 2.75) is 37.0 Å². The molecule has 152 valence electrons. The maximum atomic E-state index is 12.3. The second kappa shape index (κ2) is 8.57. The summed E-state index contributed by atoms with van der Waals surface area (Å²) in [5, 5.41) is 6.78. The lowest BCUT2D eigenvalue weighted by Gasteiger charge is -2.08. The van der Waals surface area contributed by atoms with Crippen LogP contribution in [0.2, 0.25) is 0 Å². The smallest absolute Gasteiger partial charge is 0.224 e. The van der Waals surface area contributed by atoms with Crippen molar-refractivity contribution in [3.8, 4) is 11.4 Å². The van der Waals surface area contributed by atoms with Gasteiger partial charge in [-0.25, -0.2) is 8.42 Å². The lowest BCUT2D eigenvalue weighted by Crippen LogP contribution is -2.24. The van der Waals surface area contributed by atoms with Crippen molar-refractivity contribution in [1.29, 1.82) is 0 Å². The summed E-state index contributed by atoms with van der Waals surface area (Å²) in [5.74, 6) is -0.158. The van der Waals surface area contributed by atoms with E-state index in [0.717, 1.165) is 22.6 Å². The van der Waals surface area contributed by atoms with Crippen molar-refractivity contribution in [2.24, 2.45) is 7.05 Å². The van der Waals surface area contributed by atoms with Gasteiger partial charge in [0.2, 0.25) is 5.91 Å². The molecular formula is C21H24N4O3S. The first-order valence-corrected chi connectivity index (χ1v) is 10.9. The summed E-state index contributed by atoms with van der Waals surface area (Å²) in [6.07, 6.45) is 1.89. The molecule has 0 unspecified atom stereocenters. The molecule has 0 bridgehead atoms. The van der Waals surface area contributed by atoms with Crippen molar-refractivity contribution in [2.75, 3.05) is 0 Å². The monoisotopic (exact) mass is 412 g/mol. The van der Waals surface area contributed by atoms with Gasteiger partial charge in [0.15, 0.2) is 9.84 Å². The summed E-state index contributed by atoms with van der Waals surface area (Å²) in [6.45, 7) is 3.60. The molecular weight excluding hydrogens is 388 g/mol. The van der Waals surface area contributed by atoms with E-state index in [-0.39, 0.29) is 17.2 Å². The second-order valence-corrected chi connectivity index (χ2v) is 9.55. The Kier molecular flexibility index (Phi) is 6.12. The molecule has 29 heavy (non-hydrogen) atoms. The van der Waals surface area contributed by atoms with Gasteiger partial charge in [0.25, 0.3) is 0 Å². The van der Waals surface area contributed by atoms with Crippen molar-refractivity contribution < 1.29 is 13.2 Å². The van der Waals surface area contributed by atoms with Gasteiger partial charge in [-0.15, -0.1) is 0 Å². The number of hydrogen-bond donors (Lipinski definition) is 1. The number of amides is 1. The summed E-state index contributed by atoms with van der Waals surface area (Å²) < 4.78 is 26.1. The van der Waals surface area contributed by atoms with Gasteiger partial charge in [0, 0.05) is 13.2 Å². The zero-order valence-corrected chi connectivity index (χ0v) is 17.5. The standard InChI is InChI=1S/C21H24N4O3S/c1-15(2)29(27,28)18-9-7-16(8-10-18)12-21(26)23-14-17-13-20(25(3)24-17)19-6-4-5-11-22-19/h4-11,13,15H,12,14H2,1-3H3,(H,23,26). The summed E-state index contributed by atoms with van der Waals surface area (Å²) in [7, 11) is -1.47. The van der Waals surface area contributed by atoms with E-state index in [4.69, 9.17) is 0 Å². The predicted octanol–water partition coefficient (Wildman–Crippen LogP) is 2.52. The SMILES string of the molecule is CC(C)S(=O)(=O)c1ccc(CC(=O)NCc2cc(-c3ccccn3)n(C)n2)cc1. The molecule has 7 nitrogen and oxygen atoms in total. The van der Waals surface area contributed by atoms with Gasteiger partial charge in [-0.05, 0) is 49.7 Å². The first-order valence-electron chi connectivity index (χ1n) is 9.31. The van der Waals surface area contributed by atoms with Gasteiger partial charge < -0.3 is 5.32 Å². The molecule has 0 aliphatic rings. The van der Waals surface area contributed by atoms with Crippen LogP contribution in [0.5, 0.6) is 0 Å². The van der Waals surface area contributed by atoms with Crippen molar-refractivity contribution >= 4 is 15.7 Å². The zero-order valence-electron chi connectivity index (χ0n) is 16.7. The fourth-order valence-electron chi connectivity index (χ4n) is 2.87. The number of carbonyl (C=O) groups is 1. The summed E-state index contributed by atoms with van der Waals surface area (Å²) >= 11 is 0. The molecule has 0 atom stereocenters. The summed E-state index contributed by atoms with van der Waals surface area (Å²) in [6, 6.07) is 14.0. The third-order valence-corrected chi connectivity index (χ3v) is 6.73. The highest BCUT2D eigenvalue weighted by atomic mass is 32.2. The fourth-order valence-corrected chi connectivity index (χ4v) is 3.93. The van der Waals surface area contributed by atoms with Crippen LogP contribution in [0.25, 0.3) is 11.4 Å². The van der Waals surface area contributed by atoms with Crippen LogP contribution in [0.4, 0.5) is 0 Å².